The van der Waals surface area contributed by atoms with Crippen molar-refractivity contribution >= 4 is 28.6 Å². The highest BCUT2D eigenvalue weighted by Gasteiger charge is 2.13. The quantitative estimate of drug-likeness (QED) is 0.690. The minimum Gasteiger partial charge on any atom is -0.452 e. The van der Waals surface area contributed by atoms with Gasteiger partial charge in [-0.05, 0) is 49.2 Å². The molecule has 2 aromatic carbocycles. The Morgan fingerprint density at radius 2 is 2.00 bits per heavy atom. The molecular weight excluding hydrogens is 332 g/mol. The SMILES string of the molecule is CCc1cccc(NC(=O)COC(=O)c2ccc3c(c2)nnn3CC)c1. The minimum absolute atomic E-state index is 0.335. The lowest BCUT2D eigenvalue weighted by Crippen LogP contribution is -2.21. The lowest BCUT2D eigenvalue weighted by Gasteiger charge is -2.08. The van der Waals surface area contributed by atoms with Gasteiger partial charge in [0.2, 0.25) is 0 Å². The summed E-state index contributed by atoms with van der Waals surface area (Å²) in [4.78, 5) is 24.2. The molecule has 3 rings (SSSR count). The van der Waals surface area contributed by atoms with Gasteiger partial charge < -0.3 is 10.1 Å². The molecule has 0 saturated heterocycles. The average Bonchev–Trinajstić information content (AvgIpc) is 3.08. The number of aryl methyl sites for hydroxylation is 2. The zero-order chi connectivity index (χ0) is 18.5. The van der Waals surface area contributed by atoms with Gasteiger partial charge >= 0.3 is 5.97 Å². The Hall–Kier alpha value is -3.22. The fourth-order valence-corrected chi connectivity index (χ4v) is 2.61. The summed E-state index contributed by atoms with van der Waals surface area (Å²) < 4.78 is 6.83. The van der Waals surface area contributed by atoms with E-state index in [1.165, 1.54) is 0 Å². The number of amides is 1. The molecule has 26 heavy (non-hydrogen) atoms. The second kappa shape index (κ2) is 7.77. The molecule has 1 N–H and O–H groups in total. The van der Waals surface area contributed by atoms with E-state index < -0.39 is 5.97 Å². The fraction of sp³-hybridized carbons (Fsp3) is 0.263. The van der Waals surface area contributed by atoms with Crippen LogP contribution in [-0.4, -0.2) is 33.5 Å². The van der Waals surface area contributed by atoms with Crippen molar-refractivity contribution in [3.8, 4) is 0 Å². The zero-order valence-corrected chi connectivity index (χ0v) is 14.7. The largest absolute Gasteiger partial charge is 0.452 e. The van der Waals surface area contributed by atoms with Crippen LogP contribution < -0.4 is 5.32 Å². The topological polar surface area (TPSA) is 86.1 Å². The number of anilines is 1. The van der Waals surface area contributed by atoms with Crippen LogP contribution in [0.5, 0.6) is 0 Å². The number of carbonyl (C=O) groups excluding carboxylic acids is 2. The molecule has 0 aliphatic rings. The van der Waals surface area contributed by atoms with Gasteiger partial charge in [0.15, 0.2) is 6.61 Å². The number of carbonyl (C=O) groups is 2. The van der Waals surface area contributed by atoms with E-state index in [0.29, 0.717) is 23.3 Å². The fourth-order valence-electron chi connectivity index (χ4n) is 2.61. The van der Waals surface area contributed by atoms with Gasteiger partial charge in [-0.2, -0.15) is 0 Å². The summed E-state index contributed by atoms with van der Waals surface area (Å²) in [7, 11) is 0. The van der Waals surface area contributed by atoms with Crippen LogP contribution >= 0.6 is 0 Å². The van der Waals surface area contributed by atoms with Gasteiger partial charge in [-0.25, -0.2) is 9.48 Å². The van der Waals surface area contributed by atoms with Gasteiger partial charge in [0, 0.05) is 12.2 Å². The predicted octanol–water partition coefficient (Wildman–Crippen LogP) is 2.81. The van der Waals surface area contributed by atoms with Crippen molar-refractivity contribution in [1.29, 1.82) is 0 Å². The van der Waals surface area contributed by atoms with Gasteiger partial charge in [0.1, 0.15) is 5.52 Å². The molecule has 1 heterocycles. The van der Waals surface area contributed by atoms with E-state index in [1.54, 1.807) is 28.9 Å². The molecule has 0 atom stereocenters. The van der Waals surface area contributed by atoms with Crippen molar-refractivity contribution in [3.63, 3.8) is 0 Å². The molecule has 0 saturated carbocycles. The van der Waals surface area contributed by atoms with Crippen molar-refractivity contribution in [2.75, 3.05) is 11.9 Å². The minimum atomic E-state index is -0.574. The molecule has 1 aromatic heterocycles. The van der Waals surface area contributed by atoms with Gasteiger partial charge in [-0.1, -0.05) is 24.3 Å². The lowest BCUT2D eigenvalue weighted by molar-refractivity contribution is -0.119. The predicted molar refractivity (Wildman–Crippen MR) is 97.9 cm³/mol. The Bertz CT molecular complexity index is 949. The zero-order valence-electron chi connectivity index (χ0n) is 14.7. The summed E-state index contributed by atoms with van der Waals surface area (Å²) in [6.45, 7) is 4.35. The molecular formula is C19H20N4O3. The maximum Gasteiger partial charge on any atom is 0.338 e. The average molecular weight is 352 g/mol. The number of nitrogens with one attached hydrogen (secondary N) is 1. The van der Waals surface area contributed by atoms with Crippen LogP contribution in [-0.2, 0) is 22.5 Å². The molecule has 0 fully saturated rings. The van der Waals surface area contributed by atoms with E-state index in [0.717, 1.165) is 17.5 Å². The monoisotopic (exact) mass is 352 g/mol. The number of hydrogen-bond acceptors (Lipinski definition) is 5. The van der Waals surface area contributed by atoms with Crippen LogP contribution in [0.1, 0.15) is 29.8 Å². The van der Waals surface area contributed by atoms with Crippen molar-refractivity contribution in [1.82, 2.24) is 15.0 Å². The number of benzene rings is 2. The summed E-state index contributed by atoms with van der Waals surface area (Å²) >= 11 is 0. The Morgan fingerprint density at radius 3 is 2.77 bits per heavy atom. The van der Waals surface area contributed by atoms with Crippen molar-refractivity contribution in [2.45, 2.75) is 26.8 Å². The third kappa shape index (κ3) is 3.88. The molecule has 0 bridgehead atoms. The van der Waals surface area contributed by atoms with Crippen LogP contribution in [0.25, 0.3) is 11.0 Å². The highest BCUT2D eigenvalue weighted by Crippen LogP contribution is 2.15. The third-order valence-electron chi connectivity index (χ3n) is 4.00. The molecule has 7 heteroatoms. The summed E-state index contributed by atoms with van der Waals surface area (Å²) in [5, 5.41) is 10.7. The number of aromatic nitrogens is 3. The lowest BCUT2D eigenvalue weighted by atomic mass is 10.1. The number of rotatable bonds is 6. The molecule has 0 aliphatic carbocycles. The third-order valence-corrected chi connectivity index (χ3v) is 4.00. The summed E-state index contributed by atoms with van der Waals surface area (Å²) in [5.74, 6) is -0.958. The van der Waals surface area contributed by atoms with Gasteiger partial charge in [0.05, 0.1) is 11.1 Å². The highest BCUT2D eigenvalue weighted by atomic mass is 16.5. The van der Waals surface area contributed by atoms with Gasteiger partial charge in [-0.3, -0.25) is 4.79 Å². The molecule has 0 spiro atoms. The summed E-state index contributed by atoms with van der Waals surface area (Å²) in [5.41, 5.74) is 3.59. The second-order valence-corrected chi connectivity index (χ2v) is 5.79. The number of fused-ring (bicyclic) bond motifs is 1. The number of esters is 1. The molecule has 0 radical (unpaired) electrons. The molecule has 7 nitrogen and oxygen atoms in total. The van der Waals surface area contributed by atoms with Crippen LogP contribution in [0.3, 0.4) is 0 Å². The standard InChI is InChI=1S/C19H20N4O3/c1-3-13-6-5-7-15(10-13)20-18(24)12-26-19(25)14-8-9-17-16(11-14)21-22-23(17)4-2/h5-11H,3-4,12H2,1-2H3,(H,20,24). The summed E-state index contributed by atoms with van der Waals surface area (Å²) in [6, 6.07) is 12.6. The maximum absolute atomic E-state index is 12.2. The Balaban J connectivity index is 1.60. The number of nitrogens with zero attached hydrogens (tertiary/aromatic N) is 3. The summed E-state index contributed by atoms with van der Waals surface area (Å²) in [6.07, 6.45) is 0.879. The van der Waals surface area contributed by atoms with Crippen molar-refractivity contribution in [2.24, 2.45) is 0 Å². The van der Waals surface area contributed by atoms with Crippen LogP contribution in [0.2, 0.25) is 0 Å². The maximum atomic E-state index is 12.2. The van der Waals surface area contributed by atoms with E-state index in [9.17, 15) is 9.59 Å². The molecule has 0 aliphatic heterocycles. The Kier molecular flexibility index (Phi) is 5.26. The van der Waals surface area contributed by atoms with Gasteiger partial charge in [-0.15, -0.1) is 5.10 Å². The van der Waals surface area contributed by atoms with Crippen LogP contribution in [0.15, 0.2) is 42.5 Å². The number of ether oxygens (including phenoxy) is 1. The highest BCUT2D eigenvalue weighted by molar-refractivity contribution is 5.97. The Morgan fingerprint density at radius 1 is 1.15 bits per heavy atom. The second-order valence-electron chi connectivity index (χ2n) is 5.79. The molecule has 0 unspecified atom stereocenters. The molecule has 1 amide bonds. The molecule has 134 valence electrons. The first-order valence-corrected chi connectivity index (χ1v) is 8.50. The van der Waals surface area contributed by atoms with E-state index in [2.05, 4.69) is 15.6 Å². The van der Waals surface area contributed by atoms with Crippen LogP contribution in [0.4, 0.5) is 5.69 Å². The van der Waals surface area contributed by atoms with Gasteiger partial charge in [0.25, 0.3) is 5.91 Å². The van der Waals surface area contributed by atoms with E-state index in [-0.39, 0.29) is 12.5 Å². The van der Waals surface area contributed by atoms with E-state index in [4.69, 9.17) is 4.74 Å². The first kappa shape index (κ1) is 17.6. The van der Waals surface area contributed by atoms with Crippen molar-refractivity contribution in [3.05, 3.63) is 53.6 Å². The normalized spacial score (nSPS) is 10.7. The van der Waals surface area contributed by atoms with Crippen molar-refractivity contribution < 1.29 is 14.3 Å². The van der Waals surface area contributed by atoms with E-state index in [1.807, 2.05) is 32.0 Å². The van der Waals surface area contributed by atoms with Crippen LogP contribution in [0, 0.1) is 0 Å². The first-order valence-electron chi connectivity index (χ1n) is 8.50. The smallest absolute Gasteiger partial charge is 0.338 e. The number of hydrogen-bond donors (Lipinski definition) is 1. The Labute approximate surface area is 151 Å². The first-order chi connectivity index (χ1) is 12.6. The van der Waals surface area contributed by atoms with E-state index >= 15 is 0 Å². The molecule has 3 aromatic rings.